The van der Waals surface area contributed by atoms with Crippen molar-refractivity contribution in [2.75, 3.05) is 0 Å². The maximum absolute atomic E-state index is 10.2. The van der Waals surface area contributed by atoms with Crippen molar-refractivity contribution in [3.05, 3.63) is 11.8 Å². The summed E-state index contributed by atoms with van der Waals surface area (Å²) in [5, 5.41) is 10.2. The topological polar surface area (TPSA) is 20.2 Å². The van der Waals surface area contributed by atoms with E-state index in [2.05, 4.69) is 31.4 Å². The average molecular weight is 226 g/mol. The van der Waals surface area contributed by atoms with Crippen molar-refractivity contribution in [1.82, 2.24) is 0 Å². The molecule has 1 saturated carbocycles. The predicted molar refractivity (Wildman–Crippen MR) is 69.7 cm³/mol. The zero-order valence-corrected chi connectivity index (χ0v) is 11.7. The van der Waals surface area contributed by atoms with Crippen molar-refractivity contribution in [3.63, 3.8) is 0 Å². The summed E-state index contributed by atoms with van der Waals surface area (Å²) in [6.07, 6.45) is 8.05. The number of allylic oxidation sites excluding steroid dienone is 1. The molecule has 0 aromatic rings. The molecule has 1 nitrogen and oxygen atoms in total. The summed E-state index contributed by atoms with van der Waals surface area (Å²) < 4.78 is 0. The van der Waals surface area contributed by atoms with Gasteiger partial charge in [-0.1, -0.05) is 44.3 Å². The van der Waals surface area contributed by atoms with Crippen molar-refractivity contribution >= 4 is 8.07 Å². The van der Waals surface area contributed by atoms with Crippen LogP contribution in [0.4, 0.5) is 0 Å². The Labute approximate surface area is 95.6 Å². The zero-order chi connectivity index (χ0) is 11.5. The summed E-state index contributed by atoms with van der Waals surface area (Å²) in [5.41, 5.74) is 1.99. The van der Waals surface area contributed by atoms with Crippen LogP contribution < -0.4 is 0 Å². The Morgan fingerprint density at radius 3 is 2.53 bits per heavy atom. The second kappa shape index (κ2) is 4.83. The van der Waals surface area contributed by atoms with E-state index < -0.39 is 13.7 Å². The van der Waals surface area contributed by atoms with E-state index in [0.29, 0.717) is 5.92 Å². The first-order chi connectivity index (χ1) is 6.81. The van der Waals surface area contributed by atoms with E-state index in [4.69, 9.17) is 0 Å². The van der Waals surface area contributed by atoms with E-state index in [1.165, 1.54) is 19.3 Å². The highest BCUT2D eigenvalue weighted by Crippen LogP contribution is 2.35. The van der Waals surface area contributed by atoms with Crippen LogP contribution in [0.25, 0.3) is 0 Å². The van der Waals surface area contributed by atoms with Crippen LogP contribution in [0, 0.1) is 5.92 Å². The Kier molecular flexibility index (Phi) is 4.18. The Morgan fingerprint density at radius 1 is 1.33 bits per heavy atom. The van der Waals surface area contributed by atoms with Gasteiger partial charge in [0.1, 0.15) is 0 Å². The van der Waals surface area contributed by atoms with Crippen molar-refractivity contribution in [2.24, 2.45) is 5.92 Å². The molecule has 1 aliphatic carbocycles. The largest absolute Gasteiger partial charge is 0.390 e. The van der Waals surface area contributed by atoms with Gasteiger partial charge in [-0.25, -0.2) is 0 Å². The smallest absolute Gasteiger partial charge is 0.0682 e. The van der Waals surface area contributed by atoms with Crippen LogP contribution in [0.3, 0.4) is 0 Å². The molecule has 0 aliphatic heterocycles. The van der Waals surface area contributed by atoms with Crippen LogP contribution in [0.1, 0.15) is 39.0 Å². The summed E-state index contributed by atoms with van der Waals surface area (Å²) >= 11 is 0. The predicted octanol–water partition coefficient (Wildman–Crippen LogP) is 3.75. The monoisotopic (exact) mass is 226 g/mol. The van der Waals surface area contributed by atoms with Gasteiger partial charge in [-0.2, -0.15) is 0 Å². The van der Waals surface area contributed by atoms with Crippen LogP contribution in [-0.2, 0) is 0 Å². The molecule has 0 aromatic heterocycles. The molecule has 0 aromatic carbocycles. The Balaban J connectivity index is 2.47. The van der Waals surface area contributed by atoms with Crippen LogP contribution in [0.15, 0.2) is 11.8 Å². The molecule has 1 fully saturated rings. The fraction of sp³-hybridized carbons (Fsp3) is 0.846. The second-order valence-corrected chi connectivity index (χ2v) is 11.4. The molecule has 1 aliphatic rings. The Hall–Kier alpha value is -0.0831. The lowest BCUT2D eigenvalue weighted by Crippen LogP contribution is -2.37. The van der Waals surface area contributed by atoms with E-state index in [9.17, 15) is 5.11 Å². The van der Waals surface area contributed by atoms with Gasteiger partial charge in [-0.05, 0) is 32.1 Å². The molecule has 0 saturated heterocycles. The van der Waals surface area contributed by atoms with Gasteiger partial charge in [-0.15, -0.1) is 0 Å². The van der Waals surface area contributed by atoms with E-state index >= 15 is 0 Å². The van der Waals surface area contributed by atoms with E-state index in [-0.39, 0.29) is 0 Å². The highest BCUT2D eigenvalue weighted by molar-refractivity contribution is 6.80. The number of aliphatic hydroxyl groups is 1. The van der Waals surface area contributed by atoms with Gasteiger partial charge in [0.15, 0.2) is 0 Å². The van der Waals surface area contributed by atoms with Crippen molar-refractivity contribution in [3.8, 4) is 0 Å². The van der Waals surface area contributed by atoms with Gasteiger partial charge in [-0.3, -0.25) is 0 Å². The summed E-state index contributed by atoms with van der Waals surface area (Å²) in [6.45, 7) is 9.06. The first-order valence-corrected chi connectivity index (χ1v) is 9.79. The van der Waals surface area contributed by atoms with E-state index in [0.717, 1.165) is 12.8 Å². The lowest BCUT2D eigenvalue weighted by Gasteiger charge is -2.36. The Morgan fingerprint density at radius 2 is 2.00 bits per heavy atom. The lowest BCUT2D eigenvalue weighted by atomic mass is 9.75. The van der Waals surface area contributed by atoms with Gasteiger partial charge < -0.3 is 5.11 Å². The molecule has 2 heteroatoms. The summed E-state index contributed by atoms with van der Waals surface area (Å²) in [4.78, 5) is 0. The number of rotatable bonds is 3. The minimum atomic E-state index is -1.05. The van der Waals surface area contributed by atoms with Crippen LogP contribution in [0.5, 0.6) is 0 Å². The third-order valence-corrected chi connectivity index (χ3v) is 4.64. The van der Waals surface area contributed by atoms with E-state index in [1.807, 2.05) is 6.92 Å². The molecule has 0 unspecified atom stereocenters. The van der Waals surface area contributed by atoms with Crippen LogP contribution in [0.2, 0.25) is 19.6 Å². The second-order valence-electron chi connectivity index (χ2n) is 6.30. The van der Waals surface area contributed by atoms with Crippen molar-refractivity contribution in [1.29, 1.82) is 0 Å². The van der Waals surface area contributed by atoms with Gasteiger partial charge >= 0.3 is 0 Å². The molecule has 0 heterocycles. The van der Waals surface area contributed by atoms with Gasteiger partial charge in [0.25, 0.3) is 0 Å². The highest BCUT2D eigenvalue weighted by Gasteiger charge is 2.33. The zero-order valence-electron chi connectivity index (χ0n) is 10.7. The number of hydrogen-bond acceptors (Lipinski definition) is 1. The van der Waals surface area contributed by atoms with Crippen molar-refractivity contribution in [2.45, 2.75) is 64.3 Å². The fourth-order valence-electron chi connectivity index (χ4n) is 2.35. The molecule has 0 spiro atoms. The van der Waals surface area contributed by atoms with Crippen LogP contribution >= 0.6 is 0 Å². The molecule has 15 heavy (non-hydrogen) atoms. The normalized spacial score (nSPS) is 33.5. The maximum Gasteiger partial charge on any atom is 0.0682 e. The molecular formula is C13H26OSi. The molecule has 1 N–H and O–H groups in total. The standard InChI is InChI=1S/C13H26OSi/c1-13(14)10-6-5-8-12(13)9-7-11-15(2,3)4/h7,11-12,14H,5-6,8-10H2,1-4H3/b11-7+/t12-,13+/m0/s1. The third kappa shape index (κ3) is 4.52. The van der Waals surface area contributed by atoms with Gasteiger partial charge in [0, 0.05) is 0 Å². The first kappa shape index (κ1) is 13.0. The fourth-order valence-corrected chi connectivity index (χ4v) is 3.19. The minimum Gasteiger partial charge on any atom is -0.390 e. The summed E-state index contributed by atoms with van der Waals surface area (Å²) in [6, 6.07) is 0. The molecule has 0 amide bonds. The highest BCUT2D eigenvalue weighted by atomic mass is 28.3. The quantitative estimate of drug-likeness (QED) is 0.727. The summed E-state index contributed by atoms with van der Waals surface area (Å²) in [5.74, 6) is 0.485. The SMILES string of the molecule is C[C@@]1(O)CCCC[C@H]1C/C=C/[Si](C)(C)C. The molecule has 88 valence electrons. The minimum absolute atomic E-state index is 0.415. The molecule has 0 radical (unpaired) electrons. The van der Waals surface area contributed by atoms with Gasteiger partial charge in [0.05, 0.1) is 13.7 Å². The molecule has 2 atom stereocenters. The molecular weight excluding hydrogens is 200 g/mol. The first-order valence-electron chi connectivity index (χ1n) is 6.21. The average Bonchev–Trinajstić information content (AvgIpc) is 2.05. The lowest BCUT2D eigenvalue weighted by molar-refractivity contribution is -0.0303. The molecule has 0 bridgehead atoms. The van der Waals surface area contributed by atoms with E-state index in [1.54, 1.807) is 0 Å². The Bertz CT molecular complexity index is 225. The third-order valence-electron chi connectivity index (χ3n) is 3.40. The van der Waals surface area contributed by atoms with Crippen LogP contribution in [-0.4, -0.2) is 18.8 Å². The summed E-state index contributed by atoms with van der Waals surface area (Å²) in [7, 11) is -1.05. The van der Waals surface area contributed by atoms with Crippen molar-refractivity contribution < 1.29 is 5.11 Å². The van der Waals surface area contributed by atoms with Gasteiger partial charge in [0.2, 0.25) is 0 Å². The maximum atomic E-state index is 10.2. The molecule has 1 rings (SSSR count). The number of hydrogen-bond donors (Lipinski definition) is 1.